The molecular weight excluding hydrogens is 262 g/mol. The quantitative estimate of drug-likeness (QED) is 0.743. The number of halogens is 1. The van der Waals surface area contributed by atoms with Crippen LogP contribution in [0.15, 0.2) is 48.5 Å². The molecule has 1 amide bonds. The first-order chi connectivity index (χ1) is 9.16. The fraction of sp³-hybridized carbons (Fsp3) is 0.0667. The number of benzene rings is 2. The lowest BCUT2D eigenvalue weighted by atomic mass is 9.99. The Morgan fingerprint density at radius 3 is 2.47 bits per heavy atom. The molecule has 4 heteroatoms. The van der Waals surface area contributed by atoms with Crippen LogP contribution in [-0.2, 0) is 4.79 Å². The highest BCUT2D eigenvalue weighted by atomic mass is 35.5. The number of hydrogen-bond donors (Lipinski definition) is 0. The number of Topliss-reactive ketones (excluding diaryl/α,β-unsaturated/α-hetero) is 1. The van der Waals surface area contributed by atoms with E-state index in [0.717, 1.165) is 5.69 Å². The molecule has 0 radical (unpaired) electrons. The molecule has 0 N–H and O–H groups in total. The molecule has 0 bridgehead atoms. The van der Waals surface area contributed by atoms with E-state index in [9.17, 15) is 9.59 Å². The van der Waals surface area contributed by atoms with Gasteiger partial charge >= 0.3 is 0 Å². The molecule has 0 saturated carbocycles. The zero-order chi connectivity index (χ0) is 13.4. The lowest BCUT2D eigenvalue weighted by molar-refractivity contribution is -0.117. The number of para-hydroxylation sites is 1. The van der Waals surface area contributed by atoms with Gasteiger partial charge in [0.15, 0.2) is 5.78 Å². The monoisotopic (exact) mass is 271 g/mol. The minimum atomic E-state index is -0.217. The molecule has 0 saturated heterocycles. The van der Waals surface area contributed by atoms with Crippen molar-refractivity contribution in [3.63, 3.8) is 0 Å². The Bertz CT molecular complexity index is 667. The molecule has 0 unspecified atom stereocenters. The molecule has 94 valence electrons. The molecule has 0 aromatic heterocycles. The van der Waals surface area contributed by atoms with E-state index >= 15 is 0 Å². The van der Waals surface area contributed by atoms with Crippen LogP contribution in [0.4, 0.5) is 11.4 Å². The van der Waals surface area contributed by atoms with Crippen molar-refractivity contribution in [2.45, 2.75) is 6.42 Å². The number of rotatable bonds is 1. The number of anilines is 2. The summed E-state index contributed by atoms with van der Waals surface area (Å²) in [4.78, 5) is 25.6. The summed E-state index contributed by atoms with van der Waals surface area (Å²) in [6, 6.07) is 14.3. The zero-order valence-electron chi connectivity index (χ0n) is 9.97. The topological polar surface area (TPSA) is 37.4 Å². The average Bonchev–Trinajstić information content (AvgIpc) is 2.41. The smallest absolute Gasteiger partial charge is 0.239 e. The van der Waals surface area contributed by atoms with Gasteiger partial charge in [0.05, 0.1) is 12.1 Å². The number of carbonyl (C=O) groups excluding carboxylic acids is 2. The molecule has 0 spiro atoms. The Morgan fingerprint density at radius 1 is 1.00 bits per heavy atom. The van der Waals surface area contributed by atoms with E-state index < -0.39 is 0 Å². The maximum Gasteiger partial charge on any atom is 0.239 e. The number of fused-ring (bicyclic) bond motifs is 1. The number of amides is 1. The number of ketones is 1. The molecule has 1 aliphatic heterocycles. The third-order valence-corrected chi connectivity index (χ3v) is 3.31. The molecule has 2 aromatic rings. The first-order valence-corrected chi connectivity index (χ1v) is 6.25. The van der Waals surface area contributed by atoms with E-state index in [0.29, 0.717) is 16.3 Å². The van der Waals surface area contributed by atoms with Gasteiger partial charge in [0.25, 0.3) is 0 Å². The van der Waals surface area contributed by atoms with E-state index in [1.54, 1.807) is 23.1 Å². The summed E-state index contributed by atoms with van der Waals surface area (Å²) in [5.41, 5.74) is 1.84. The number of nitrogens with zero attached hydrogens (tertiary/aromatic N) is 1. The lowest BCUT2D eigenvalue weighted by Gasteiger charge is -2.28. The maximum absolute atomic E-state index is 12.1. The number of hydrogen-bond acceptors (Lipinski definition) is 2. The third kappa shape index (κ3) is 2.02. The van der Waals surface area contributed by atoms with Crippen LogP contribution in [-0.4, -0.2) is 11.7 Å². The first kappa shape index (κ1) is 11.9. The largest absolute Gasteiger partial charge is 0.294 e. The highest BCUT2D eigenvalue weighted by Gasteiger charge is 2.30. The van der Waals surface area contributed by atoms with Gasteiger partial charge in [0, 0.05) is 16.3 Å². The van der Waals surface area contributed by atoms with Crippen LogP contribution in [0.2, 0.25) is 5.02 Å². The Morgan fingerprint density at radius 2 is 1.74 bits per heavy atom. The Labute approximate surface area is 115 Å². The van der Waals surface area contributed by atoms with Gasteiger partial charge in [-0.15, -0.1) is 0 Å². The predicted octanol–water partition coefficient (Wildman–Crippen LogP) is 3.59. The molecule has 3 nitrogen and oxygen atoms in total. The van der Waals surface area contributed by atoms with E-state index in [4.69, 9.17) is 11.6 Å². The fourth-order valence-corrected chi connectivity index (χ4v) is 2.40. The standard InChI is InChI=1S/C15H10ClNO2/c16-10-6-7-13-12(8-10)14(18)9-15(19)17(13)11-4-2-1-3-5-11/h1-8H,9H2. The molecule has 1 aliphatic rings. The summed E-state index contributed by atoms with van der Waals surface area (Å²) in [6.07, 6.45) is -0.123. The molecule has 0 atom stereocenters. The summed E-state index contributed by atoms with van der Waals surface area (Å²) in [7, 11) is 0. The second-order valence-corrected chi connectivity index (χ2v) is 4.76. The Hall–Kier alpha value is -2.13. The molecule has 1 heterocycles. The van der Waals surface area contributed by atoms with Crippen LogP contribution in [0.1, 0.15) is 16.8 Å². The van der Waals surface area contributed by atoms with Crippen molar-refractivity contribution in [2.24, 2.45) is 0 Å². The fourth-order valence-electron chi connectivity index (χ4n) is 2.23. The predicted molar refractivity (Wildman–Crippen MR) is 74.0 cm³/mol. The molecule has 2 aromatic carbocycles. The van der Waals surface area contributed by atoms with Crippen molar-refractivity contribution in [1.29, 1.82) is 0 Å². The van der Waals surface area contributed by atoms with Gasteiger partial charge in [0.1, 0.15) is 0 Å². The van der Waals surface area contributed by atoms with Crippen LogP contribution in [0.5, 0.6) is 0 Å². The van der Waals surface area contributed by atoms with Crippen molar-refractivity contribution in [3.8, 4) is 0 Å². The average molecular weight is 272 g/mol. The van der Waals surface area contributed by atoms with Gasteiger partial charge in [0.2, 0.25) is 5.91 Å². The van der Waals surface area contributed by atoms with Crippen LogP contribution < -0.4 is 4.90 Å². The van der Waals surface area contributed by atoms with Crippen molar-refractivity contribution < 1.29 is 9.59 Å². The van der Waals surface area contributed by atoms with Crippen molar-refractivity contribution in [1.82, 2.24) is 0 Å². The van der Waals surface area contributed by atoms with E-state index in [1.807, 2.05) is 30.3 Å². The van der Waals surface area contributed by atoms with Crippen LogP contribution in [0.3, 0.4) is 0 Å². The zero-order valence-corrected chi connectivity index (χ0v) is 10.7. The minimum absolute atomic E-state index is 0.123. The van der Waals surface area contributed by atoms with Gasteiger partial charge in [-0.2, -0.15) is 0 Å². The van der Waals surface area contributed by atoms with Gasteiger partial charge in [-0.1, -0.05) is 29.8 Å². The summed E-state index contributed by atoms with van der Waals surface area (Å²) >= 11 is 5.92. The number of carbonyl (C=O) groups is 2. The summed E-state index contributed by atoms with van der Waals surface area (Å²) < 4.78 is 0. The summed E-state index contributed by atoms with van der Waals surface area (Å²) in [5.74, 6) is -0.402. The maximum atomic E-state index is 12.1. The summed E-state index contributed by atoms with van der Waals surface area (Å²) in [6.45, 7) is 0. The molecule has 3 rings (SSSR count). The van der Waals surface area contributed by atoms with Crippen LogP contribution in [0.25, 0.3) is 0 Å². The van der Waals surface area contributed by atoms with E-state index in [1.165, 1.54) is 0 Å². The minimum Gasteiger partial charge on any atom is -0.294 e. The van der Waals surface area contributed by atoms with Gasteiger partial charge < -0.3 is 0 Å². The Kier molecular flexibility index (Phi) is 2.84. The van der Waals surface area contributed by atoms with Crippen molar-refractivity contribution in [3.05, 3.63) is 59.1 Å². The van der Waals surface area contributed by atoms with Gasteiger partial charge in [-0.25, -0.2) is 0 Å². The highest BCUT2D eigenvalue weighted by Crippen LogP contribution is 2.35. The van der Waals surface area contributed by atoms with Gasteiger partial charge in [-0.05, 0) is 30.3 Å². The normalized spacial score (nSPS) is 14.5. The highest BCUT2D eigenvalue weighted by molar-refractivity contribution is 6.32. The second kappa shape index (κ2) is 4.52. The van der Waals surface area contributed by atoms with E-state index in [2.05, 4.69) is 0 Å². The third-order valence-electron chi connectivity index (χ3n) is 3.08. The Balaban J connectivity index is 2.19. The first-order valence-electron chi connectivity index (χ1n) is 5.87. The molecular formula is C15H10ClNO2. The van der Waals surface area contributed by atoms with Gasteiger partial charge in [-0.3, -0.25) is 14.5 Å². The lowest BCUT2D eigenvalue weighted by Crippen LogP contribution is -2.33. The SMILES string of the molecule is O=C1CC(=O)N(c2ccccc2)c2ccc(Cl)cc21. The van der Waals surface area contributed by atoms with Crippen LogP contribution >= 0.6 is 11.6 Å². The van der Waals surface area contributed by atoms with Crippen LogP contribution in [0, 0.1) is 0 Å². The molecule has 19 heavy (non-hydrogen) atoms. The van der Waals surface area contributed by atoms with E-state index in [-0.39, 0.29) is 18.1 Å². The second-order valence-electron chi connectivity index (χ2n) is 4.33. The summed E-state index contributed by atoms with van der Waals surface area (Å²) in [5, 5.41) is 0.495. The molecule has 0 aliphatic carbocycles. The van der Waals surface area contributed by atoms with Crippen molar-refractivity contribution >= 4 is 34.7 Å². The molecule has 0 fully saturated rings. The van der Waals surface area contributed by atoms with Crippen molar-refractivity contribution in [2.75, 3.05) is 4.90 Å².